The van der Waals surface area contributed by atoms with Crippen molar-refractivity contribution in [3.63, 3.8) is 0 Å². The van der Waals surface area contributed by atoms with E-state index in [-0.39, 0.29) is 5.91 Å². The molecule has 3 nitrogen and oxygen atoms in total. The summed E-state index contributed by atoms with van der Waals surface area (Å²) < 4.78 is 0. The fraction of sp³-hybridized carbons (Fsp3) is 0.333. The molecule has 1 rings (SSSR count). The van der Waals surface area contributed by atoms with E-state index in [0.29, 0.717) is 6.54 Å². The van der Waals surface area contributed by atoms with E-state index < -0.39 is 0 Å². The maximum Gasteiger partial charge on any atom is 0.243 e. The number of nitrogens with zero attached hydrogens (tertiary/aromatic N) is 1. The minimum Gasteiger partial charge on any atom is -0.352 e. The molecule has 0 saturated carbocycles. The summed E-state index contributed by atoms with van der Waals surface area (Å²) in [5.74, 6) is -0.132. The molecule has 0 radical (unpaired) electrons. The van der Waals surface area contributed by atoms with Gasteiger partial charge in [0.2, 0.25) is 5.91 Å². The monoisotopic (exact) mass is 196 g/mol. The Balaban J connectivity index is 2.27. The highest BCUT2D eigenvalue weighted by Gasteiger charge is 1.98. The van der Waals surface area contributed by atoms with Crippen LogP contribution in [0.2, 0.25) is 0 Å². The average Bonchev–Trinajstić information content (AvgIpc) is 2.51. The molecule has 0 atom stereocenters. The molecule has 1 N–H and O–H groups in total. The number of hydrogen-bond donors (Lipinski definition) is 1. The molecule has 0 fully saturated rings. The van der Waals surface area contributed by atoms with Crippen molar-refractivity contribution in [2.75, 3.05) is 6.54 Å². The molecule has 0 spiro atoms. The summed E-state index contributed by atoms with van der Waals surface area (Å²) in [6, 6.07) is 0. The quantitative estimate of drug-likeness (QED) is 0.737. The van der Waals surface area contributed by atoms with E-state index in [4.69, 9.17) is 0 Å². The van der Waals surface area contributed by atoms with E-state index in [9.17, 15) is 4.79 Å². The summed E-state index contributed by atoms with van der Waals surface area (Å²) in [6.07, 6.45) is 2.05. The molecule has 0 unspecified atom stereocenters. The van der Waals surface area contributed by atoms with E-state index >= 15 is 0 Å². The molecule has 0 bridgehead atoms. The van der Waals surface area contributed by atoms with E-state index in [2.05, 4.69) is 16.9 Å². The molecule has 0 aliphatic carbocycles. The predicted octanol–water partition coefficient (Wildman–Crippen LogP) is 1.30. The number of amides is 1. The first-order chi connectivity index (χ1) is 6.22. The summed E-state index contributed by atoms with van der Waals surface area (Å²) in [6.45, 7) is 5.95. The number of aryl methyl sites for hydroxylation is 1. The third-order valence-electron chi connectivity index (χ3n) is 1.53. The van der Waals surface area contributed by atoms with Crippen LogP contribution in [0.1, 0.15) is 10.7 Å². The average molecular weight is 196 g/mol. The first-order valence-corrected chi connectivity index (χ1v) is 4.91. The number of aromatic nitrogens is 1. The number of thiazole rings is 1. The van der Waals surface area contributed by atoms with Crippen molar-refractivity contribution in [2.45, 2.75) is 13.3 Å². The minimum absolute atomic E-state index is 0.132. The molecule has 0 aliphatic rings. The molecule has 1 aromatic rings. The van der Waals surface area contributed by atoms with Gasteiger partial charge in [-0.25, -0.2) is 4.98 Å². The summed E-state index contributed by atoms with van der Waals surface area (Å²) in [7, 11) is 0. The lowest BCUT2D eigenvalue weighted by Gasteiger charge is -1.98. The van der Waals surface area contributed by atoms with Crippen LogP contribution >= 0.6 is 11.3 Å². The van der Waals surface area contributed by atoms with E-state index in [1.165, 1.54) is 6.08 Å². The Morgan fingerprint density at radius 1 is 1.85 bits per heavy atom. The molecular formula is C9H12N2OS. The van der Waals surface area contributed by atoms with Crippen LogP contribution in [0.5, 0.6) is 0 Å². The van der Waals surface area contributed by atoms with Crippen molar-refractivity contribution >= 4 is 17.2 Å². The first kappa shape index (κ1) is 9.92. The molecule has 4 heteroatoms. The Morgan fingerprint density at radius 3 is 3.15 bits per heavy atom. The highest BCUT2D eigenvalue weighted by Crippen LogP contribution is 2.07. The lowest BCUT2D eigenvalue weighted by atomic mass is 10.3. The summed E-state index contributed by atoms with van der Waals surface area (Å²) in [4.78, 5) is 15.0. The smallest absolute Gasteiger partial charge is 0.243 e. The molecule has 0 saturated heterocycles. The highest BCUT2D eigenvalue weighted by molar-refractivity contribution is 7.09. The zero-order chi connectivity index (χ0) is 9.68. The van der Waals surface area contributed by atoms with Crippen LogP contribution in [0.15, 0.2) is 18.0 Å². The summed E-state index contributed by atoms with van der Waals surface area (Å²) >= 11 is 1.63. The zero-order valence-electron chi connectivity index (χ0n) is 7.54. The molecule has 1 amide bonds. The summed E-state index contributed by atoms with van der Waals surface area (Å²) in [5.41, 5.74) is 1.03. The number of hydrogen-bond acceptors (Lipinski definition) is 3. The molecule has 0 aromatic carbocycles. The predicted molar refractivity (Wildman–Crippen MR) is 53.8 cm³/mol. The van der Waals surface area contributed by atoms with Gasteiger partial charge in [0.1, 0.15) is 0 Å². The van der Waals surface area contributed by atoms with Gasteiger partial charge in [-0.1, -0.05) is 6.58 Å². The fourth-order valence-electron chi connectivity index (χ4n) is 0.909. The molecule has 70 valence electrons. The highest BCUT2D eigenvalue weighted by atomic mass is 32.1. The lowest BCUT2D eigenvalue weighted by molar-refractivity contribution is -0.116. The normalized spacial score (nSPS) is 9.62. The van der Waals surface area contributed by atoms with Gasteiger partial charge in [-0.3, -0.25) is 4.79 Å². The Morgan fingerprint density at radius 2 is 2.62 bits per heavy atom. The Labute approximate surface area is 81.5 Å². The number of rotatable bonds is 4. The first-order valence-electron chi connectivity index (χ1n) is 4.03. The van der Waals surface area contributed by atoms with E-state index in [0.717, 1.165) is 17.1 Å². The maximum absolute atomic E-state index is 10.8. The van der Waals surface area contributed by atoms with E-state index in [1.807, 2.05) is 12.3 Å². The number of carbonyl (C=O) groups is 1. The van der Waals surface area contributed by atoms with Crippen LogP contribution in [0.25, 0.3) is 0 Å². The molecular weight excluding hydrogens is 184 g/mol. The SMILES string of the molecule is C=CC(=O)NCCc1csc(C)n1. The van der Waals surface area contributed by atoms with Crippen LogP contribution in [0, 0.1) is 6.92 Å². The van der Waals surface area contributed by atoms with Crippen molar-refractivity contribution < 1.29 is 4.79 Å². The Hall–Kier alpha value is -1.16. The summed E-state index contributed by atoms with van der Waals surface area (Å²) in [5, 5.41) is 5.77. The van der Waals surface area contributed by atoms with Crippen molar-refractivity contribution in [1.82, 2.24) is 10.3 Å². The third-order valence-corrected chi connectivity index (χ3v) is 2.35. The third kappa shape index (κ3) is 3.38. The van der Waals surface area contributed by atoms with Crippen LogP contribution in [0.3, 0.4) is 0 Å². The van der Waals surface area contributed by atoms with Crippen LogP contribution in [-0.2, 0) is 11.2 Å². The van der Waals surface area contributed by atoms with Crippen molar-refractivity contribution in [3.05, 3.63) is 28.7 Å². The standard InChI is InChI=1S/C9H12N2OS/c1-3-9(12)10-5-4-8-6-13-7(2)11-8/h3,6H,1,4-5H2,2H3,(H,10,12). The van der Waals surface area contributed by atoms with E-state index in [1.54, 1.807) is 11.3 Å². The second kappa shape index (κ2) is 4.77. The number of carbonyl (C=O) groups excluding carboxylic acids is 1. The van der Waals surface area contributed by atoms with Crippen molar-refractivity contribution in [1.29, 1.82) is 0 Å². The van der Waals surface area contributed by atoms with Gasteiger partial charge in [-0.15, -0.1) is 11.3 Å². The second-order valence-electron chi connectivity index (χ2n) is 2.60. The fourth-order valence-corrected chi connectivity index (χ4v) is 1.56. The Kier molecular flexibility index (Phi) is 3.64. The number of nitrogens with one attached hydrogen (secondary N) is 1. The van der Waals surface area contributed by atoms with Crippen LogP contribution < -0.4 is 5.32 Å². The van der Waals surface area contributed by atoms with Crippen LogP contribution in [-0.4, -0.2) is 17.4 Å². The van der Waals surface area contributed by atoms with Gasteiger partial charge in [0.25, 0.3) is 0 Å². The molecule has 13 heavy (non-hydrogen) atoms. The van der Waals surface area contributed by atoms with Gasteiger partial charge >= 0.3 is 0 Å². The van der Waals surface area contributed by atoms with Gasteiger partial charge < -0.3 is 5.32 Å². The molecule has 1 heterocycles. The van der Waals surface area contributed by atoms with Gasteiger partial charge in [0.05, 0.1) is 10.7 Å². The van der Waals surface area contributed by atoms with Crippen LogP contribution in [0.4, 0.5) is 0 Å². The molecule has 1 aromatic heterocycles. The van der Waals surface area contributed by atoms with Gasteiger partial charge in [-0.05, 0) is 13.0 Å². The van der Waals surface area contributed by atoms with Crippen molar-refractivity contribution in [3.8, 4) is 0 Å². The zero-order valence-corrected chi connectivity index (χ0v) is 8.36. The van der Waals surface area contributed by atoms with Crippen molar-refractivity contribution in [2.24, 2.45) is 0 Å². The minimum atomic E-state index is -0.132. The molecule has 0 aliphatic heterocycles. The second-order valence-corrected chi connectivity index (χ2v) is 3.67. The maximum atomic E-state index is 10.8. The topological polar surface area (TPSA) is 42.0 Å². The Bertz CT molecular complexity index is 306. The largest absolute Gasteiger partial charge is 0.352 e. The van der Waals surface area contributed by atoms with Gasteiger partial charge in [-0.2, -0.15) is 0 Å². The lowest BCUT2D eigenvalue weighted by Crippen LogP contribution is -2.23. The van der Waals surface area contributed by atoms with Gasteiger partial charge in [0, 0.05) is 18.3 Å². The van der Waals surface area contributed by atoms with Gasteiger partial charge in [0.15, 0.2) is 0 Å².